The van der Waals surface area contributed by atoms with Crippen LogP contribution in [-0.2, 0) is 9.53 Å². The Balaban J connectivity index is 1.85. The van der Waals surface area contributed by atoms with Crippen molar-refractivity contribution in [1.82, 2.24) is 9.97 Å². The van der Waals surface area contributed by atoms with E-state index in [9.17, 15) is 9.59 Å². The molecule has 114 valence electrons. The van der Waals surface area contributed by atoms with Crippen molar-refractivity contribution in [2.24, 2.45) is 5.73 Å². The van der Waals surface area contributed by atoms with Gasteiger partial charge in [-0.2, -0.15) is 0 Å². The molecule has 1 aromatic carbocycles. The van der Waals surface area contributed by atoms with Crippen molar-refractivity contribution in [3.63, 3.8) is 0 Å². The van der Waals surface area contributed by atoms with Gasteiger partial charge in [-0.3, -0.25) is 4.79 Å². The molecular formula is C15H21N3O3. The Hall–Kier alpha value is -2.08. The number of hydrogen-bond acceptors (Lipinski definition) is 4. The zero-order chi connectivity index (χ0) is 15.2. The molecule has 6 nitrogen and oxygen atoms in total. The van der Waals surface area contributed by atoms with Gasteiger partial charge in [-0.25, -0.2) is 4.79 Å². The molecule has 0 spiro atoms. The molecule has 6 heteroatoms. The minimum atomic E-state index is -0.217. The van der Waals surface area contributed by atoms with E-state index in [0.29, 0.717) is 13.0 Å². The summed E-state index contributed by atoms with van der Waals surface area (Å²) in [5.41, 5.74) is 8.45. The molecule has 1 unspecified atom stereocenters. The van der Waals surface area contributed by atoms with Crippen LogP contribution in [0.1, 0.15) is 44.2 Å². The summed E-state index contributed by atoms with van der Waals surface area (Å²) >= 11 is 0. The maximum absolute atomic E-state index is 11.2. The summed E-state index contributed by atoms with van der Waals surface area (Å²) in [5.74, 6) is -0.155. The first kappa shape index (κ1) is 15.3. The van der Waals surface area contributed by atoms with Gasteiger partial charge in [-0.05, 0) is 37.5 Å². The first-order valence-corrected chi connectivity index (χ1v) is 7.23. The molecule has 4 N–H and O–H groups in total. The monoisotopic (exact) mass is 291 g/mol. The first-order valence-electron chi connectivity index (χ1n) is 7.23. The van der Waals surface area contributed by atoms with E-state index in [1.54, 1.807) is 6.92 Å². The Morgan fingerprint density at radius 1 is 1.29 bits per heavy atom. The average Bonchev–Trinajstić information content (AvgIpc) is 2.82. The van der Waals surface area contributed by atoms with Crippen LogP contribution in [0.2, 0.25) is 0 Å². The van der Waals surface area contributed by atoms with Crippen LogP contribution in [0, 0.1) is 0 Å². The lowest BCUT2D eigenvalue weighted by atomic mass is 10.0. The predicted molar refractivity (Wildman–Crippen MR) is 80.9 cm³/mol. The highest BCUT2D eigenvalue weighted by Gasteiger charge is 2.09. The molecule has 2 rings (SSSR count). The average molecular weight is 291 g/mol. The Morgan fingerprint density at radius 3 is 2.81 bits per heavy atom. The van der Waals surface area contributed by atoms with Gasteiger partial charge in [0.15, 0.2) is 0 Å². The van der Waals surface area contributed by atoms with E-state index in [0.717, 1.165) is 35.9 Å². The van der Waals surface area contributed by atoms with Gasteiger partial charge in [0, 0.05) is 12.5 Å². The van der Waals surface area contributed by atoms with E-state index in [-0.39, 0.29) is 17.7 Å². The normalized spacial score (nSPS) is 12.5. The molecule has 1 heterocycles. The summed E-state index contributed by atoms with van der Waals surface area (Å²) < 4.78 is 4.88. The lowest BCUT2D eigenvalue weighted by molar-refractivity contribution is -0.143. The van der Waals surface area contributed by atoms with Crippen LogP contribution in [0.4, 0.5) is 0 Å². The standard InChI is InChI=1S/C15H21N3O3/c1-2-21-14(19)6-4-3-5-11(16)10-7-8-12-13(9-10)18-15(20)17-12/h7-9,11H,2-6,16H2,1H3,(H2,17,18,20). The second-order valence-corrected chi connectivity index (χ2v) is 5.04. The molecular weight excluding hydrogens is 270 g/mol. The van der Waals surface area contributed by atoms with Gasteiger partial charge in [0.2, 0.25) is 0 Å². The number of benzene rings is 1. The van der Waals surface area contributed by atoms with Gasteiger partial charge in [0.25, 0.3) is 0 Å². The minimum absolute atomic E-state index is 0.102. The first-order chi connectivity index (χ1) is 10.1. The number of ether oxygens (including phenoxy) is 1. The molecule has 0 fully saturated rings. The quantitative estimate of drug-likeness (QED) is 0.536. The lowest BCUT2D eigenvalue weighted by Gasteiger charge is -2.11. The van der Waals surface area contributed by atoms with Crippen molar-refractivity contribution >= 4 is 17.0 Å². The summed E-state index contributed by atoms with van der Waals surface area (Å²) in [6, 6.07) is 5.56. The fourth-order valence-electron chi connectivity index (χ4n) is 2.31. The number of carbonyl (C=O) groups is 1. The number of nitrogens with one attached hydrogen (secondary N) is 2. The molecule has 0 aliphatic carbocycles. The number of fused-ring (bicyclic) bond motifs is 1. The maximum atomic E-state index is 11.2. The van der Waals surface area contributed by atoms with Crippen molar-refractivity contribution < 1.29 is 9.53 Å². The summed E-state index contributed by atoms with van der Waals surface area (Å²) in [6.45, 7) is 2.22. The van der Waals surface area contributed by atoms with Gasteiger partial charge in [0.05, 0.1) is 17.6 Å². The topological polar surface area (TPSA) is 101 Å². The zero-order valence-corrected chi connectivity index (χ0v) is 12.1. The van der Waals surface area contributed by atoms with Gasteiger partial charge >= 0.3 is 11.7 Å². The second-order valence-electron chi connectivity index (χ2n) is 5.04. The van der Waals surface area contributed by atoms with Crippen molar-refractivity contribution in [2.75, 3.05) is 6.61 Å². The molecule has 0 amide bonds. The number of H-pyrrole nitrogens is 2. The largest absolute Gasteiger partial charge is 0.466 e. The second kappa shape index (κ2) is 7.08. The van der Waals surface area contributed by atoms with Crippen molar-refractivity contribution in [3.05, 3.63) is 34.2 Å². The highest BCUT2D eigenvalue weighted by atomic mass is 16.5. The molecule has 21 heavy (non-hydrogen) atoms. The fourth-order valence-corrected chi connectivity index (χ4v) is 2.31. The van der Waals surface area contributed by atoms with Crippen molar-refractivity contribution in [1.29, 1.82) is 0 Å². The van der Waals surface area contributed by atoms with Crippen LogP contribution in [-0.4, -0.2) is 22.5 Å². The van der Waals surface area contributed by atoms with E-state index >= 15 is 0 Å². The summed E-state index contributed by atoms with van der Waals surface area (Å²) in [7, 11) is 0. The van der Waals surface area contributed by atoms with Crippen LogP contribution < -0.4 is 11.4 Å². The molecule has 0 bridgehead atoms. The molecule has 2 aromatic rings. The fraction of sp³-hybridized carbons (Fsp3) is 0.467. The molecule has 1 aromatic heterocycles. The smallest absolute Gasteiger partial charge is 0.323 e. The van der Waals surface area contributed by atoms with Crippen LogP contribution in [0.25, 0.3) is 11.0 Å². The van der Waals surface area contributed by atoms with Gasteiger partial charge in [-0.1, -0.05) is 12.5 Å². The number of imidazole rings is 1. The third-order valence-corrected chi connectivity index (χ3v) is 3.42. The van der Waals surface area contributed by atoms with E-state index in [1.807, 2.05) is 18.2 Å². The molecule has 0 aliphatic rings. The van der Waals surface area contributed by atoms with Crippen molar-refractivity contribution in [3.8, 4) is 0 Å². The minimum Gasteiger partial charge on any atom is -0.466 e. The maximum Gasteiger partial charge on any atom is 0.323 e. The predicted octanol–water partition coefficient (Wildman–Crippen LogP) is 1.98. The van der Waals surface area contributed by atoms with Gasteiger partial charge in [0.1, 0.15) is 0 Å². The third-order valence-electron chi connectivity index (χ3n) is 3.42. The van der Waals surface area contributed by atoms with Crippen molar-refractivity contribution in [2.45, 2.75) is 38.6 Å². The summed E-state index contributed by atoms with van der Waals surface area (Å²) in [6.07, 6.45) is 2.86. The van der Waals surface area contributed by atoms with E-state index in [2.05, 4.69) is 9.97 Å². The van der Waals surface area contributed by atoms with E-state index < -0.39 is 0 Å². The lowest BCUT2D eigenvalue weighted by Crippen LogP contribution is -2.10. The van der Waals surface area contributed by atoms with Crippen LogP contribution >= 0.6 is 0 Å². The summed E-state index contributed by atoms with van der Waals surface area (Å²) in [4.78, 5) is 27.8. The third kappa shape index (κ3) is 4.19. The van der Waals surface area contributed by atoms with Gasteiger partial charge < -0.3 is 20.4 Å². The number of rotatable bonds is 7. The van der Waals surface area contributed by atoms with E-state index in [4.69, 9.17) is 10.5 Å². The highest BCUT2D eigenvalue weighted by molar-refractivity contribution is 5.75. The van der Waals surface area contributed by atoms with Crippen LogP contribution in [0.3, 0.4) is 0 Å². The number of aromatic amines is 2. The molecule has 0 saturated carbocycles. The summed E-state index contributed by atoms with van der Waals surface area (Å²) in [5, 5.41) is 0. The highest BCUT2D eigenvalue weighted by Crippen LogP contribution is 2.20. The Bertz CT molecular complexity index is 659. The SMILES string of the molecule is CCOC(=O)CCCCC(N)c1ccc2[nH]c(=O)[nH]c2c1. The number of esters is 1. The molecule has 1 atom stereocenters. The van der Waals surface area contributed by atoms with Gasteiger partial charge in [-0.15, -0.1) is 0 Å². The molecule has 0 saturated heterocycles. The van der Waals surface area contributed by atoms with E-state index in [1.165, 1.54) is 0 Å². The number of nitrogens with two attached hydrogens (primary N) is 1. The molecule has 0 aliphatic heterocycles. The van der Waals surface area contributed by atoms with Crippen LogP contribution in [0.5, 0.6) is 0 Å². The Morgan fingerprint density at radius 2 is 2.05 bits per heavy atom. The molecule has 0 radical (unpaired) electrons. The van der Waals surface area contributed by atoms with Crippen LogP contribution in [0.15, 0.2) is 23.0 Å². The number of unbranched alkanes of at least 4 members (excludes halogenated alkanes) is 1. The number of carbonyl (C=O) groups excluding carboxylic acids is 1. The Kier molecular flexibility index (Phi) is 5.16. The number of hydrogen-bond donors (Lipinski definition) is 3. The zero-order valence-electron chi connectivity index (χ0n) is 12.1. The Labute approximate surface area is 122 Å². The number of aromatic nitrogens is 2.